The second kappa shape index (κ2) is 5.97. The first kappa shape index (κ1) is 15.4. The summed E-state index contributed by atoms with van der Waals surface area (Å²) in [6, 6.07) is 11.9. The van der Waals surface area contributed by atoms with E-state index < -0.39 is 0 Å². The monoisotopic (exact) mass is 310 g/mol. The summed E-state index contributed by atoms with van der Waals surface area (Å²) in [5.74, 6) is 0.647. The van der Waals surface area contributed by atoms with E-state index in [9.17, 15) is 5.11 Å². The highest BCUT2D eigenvalue weighted by Gasteiger charge is 2.21. The van der Waals surface area contributed by atoms with Crippen LogP contribution in [0, 0.1) is 6.92 Å². The first-order valence-electron chi connectivity index (χ1n) is 7.63. The SMILES string of the molecule is COc1ccc(C(c2c[nH]c3c(C)cccc23)N(C)C)cc1O. The highest BCUT2D eigenvalue weighted by atomic mass is 16.5. The molecule has 4 nitrogen and oxygen atoms in total. The number of phenols is 1. The van der Waals surface area contributed by atoms with Crippen molar-refractivity contribution in [2.75, 3.05) is 21.2 Å². The van der Waals surface area contributed by atoms with Crippen molar-refractivity contribution in [1.29, 1.82) is 0 Å². The van der Waals surface area contributed by atoms with Crippen LogP contribution in [0.5, 0.6) is 11.5 Å². The number of rotatable bonds is 4. The van der Waals surface area contributed by atoms with E-state index in [0.717, 1.165) is 11.1 Å². The van der Waals surface area contributed by atoms with Crippen LogP contribution >= 0.6 is 0 Å². The van der Waals surface area contributed by atoms with Crippen molar-refractivity contribution in [3.8, 4) is 11.5 Å². The van der Waals surface area contributed by atoms with Crippen LogP contribution in [0.1, 0.15) is 22.7 Å². The molecule has 0 fully saturated rings. The summed E-state index contributed by atoms with van der Waals surface area (Å²) in [4.78, 5) is 5.53. The zero-order valence-corrected chi connectivity index (χ0v) is 13.9. The molecule has 0 aliphatic carbocycles. The van der Waals surface area contributed by atoms with Gasteiger partial charge in [0.2, 0.25) is 0 Å². The summed E-state index contributed by atoms with van der Waals surface area (Å²) in [5, 5.41) is 11.3. The van der Waals surface area contributed by atoms with Gasteiger partial charge in [0.15, 0.2) is 11.5 Å². The van der Waals surface area contributed by atoms with Gasteiger partial charge in [0, 0.05) is 17.1 Å². The Bertz CT molecular complexity index is 837. The zero-order valence-electron chi connectivity index (χ0n) is 13.9. The van der Waals surface area contributed by atoms with Crippen molar-refractivity contribution >= 4 is 10.9 Å². The molecule has 23 heavy (non-hydrogen) atoms. The fourth-order valence-corrected chi connectivity index (χ4v) is 3.19. The van der Waals surface area contributed by atoms with Crippen LogP contribution in [-0.2, 0) is 0 Å². The number of hydrogen-bond donors (Lipinski definition) is 2. The number of aromatic nitrogens is 1. The molecule has 0 amide bonds. The van der Waals surface area contributed by atoms with E-state index in [1.807, 2.05) is 20.2 Å². The van der Waals surface area contributed by atoms with Gasteiger partial charge in [-0.3, -0.25) is 4.90 Å². The molecule has 2 N–H and O–H groups in total. The van der Waals surface area contributed by atoms with Crippen molar-refractivity contribution in [2.24, 2.45) is 0 Å². The quantitative estimate of drug-likeness (QED) is 0.769. The van der Waals surface area contributed by atoms with Gasteiger partial charge in [-0.25, -0.2) is 0 Å². The van der Waals surface area contributed by atoms with Gasteiger partial charge in [-0.05, 0) is 49.8 Å². The fourth-order valence-electron chi connectivity index (χ4n) is 3.19. The third kappa shape index (κ3) is 2.66. The summed E-state index contributed by atoms with van der Waals surface area (Å²) < 4.78 is 5.15. The van der Waals surface area contributed by atoms with Gasteiger partial charge >= 0.3 is 0 Å². The number of methoxy groups -OCH3 is 1. The van der Waals surface area contributed by atoms with Crippen LogP contribution in [-0.4, -0.2) is 36.2 Å². The lowest BCUT2D eigenvalue weighted by Crippen LogP contribution is -2.20. The van der Waals surface area contributed by atoms with Gasteiger partial charge in [-0.2, -0.15) is 0 Å². The van der Waals surface area contributed by atoms with Crippen molar-refractivity contribution in [3.05, 3.63) is 59.3 Å². The lowest BCUT2D eigenvalue weighted by Gasteiger charge is -2.25. The van der Waals surface area contributed by atoms with Crippen LogP contribution in [0.3, 0.4) is 0 Å². The van der Waals surface area contributed by atoms with Crippen LogP contribution in [0.15, 0.2) is 42.6 Å². The van der Waals surface area contributed by atoms with Crippen molar-refractivity contribution in [2.45, 2.75) is 13.0 Å². The number of para-hydroxylation sites is 1. The molecule has 1 heterocycles. The van der Waals surface area contributed by atoms with E-state index in [2.05, 4.69) is 41.2 Å². The number of fused-ring (bicyclic) bond motifs is 1. The number of aromatic amines is 1. The minimum atomic E-state index is 0.0438. The van der Waals surface area contributed by atoms with Gasteiger partial charge in [-0.15, -0.1) is 0 Å². The number of aromatic hydroxyl groups is 1. The molecule has 3 aromatic rings. The Balaban J connectivity index is 2.15. The van der Waals surface area contributed by atoms with Crippen molar-refractivity contribution in [1.82, 2.24) is 9.88 Å². The number of nitrogens with one attached hydrogen (secondary N) is 1. The van der Waals surface area contributed by atoms with E-state index >= 15 is 0 Å². The van der Waals surface area contributed by atoms with E-state index in [1.165, 1.54) is 16.5 Å². The number of phenolic OH excluding ortho intramolecular Hbond substituents is 1. The molecule has 0 radical (unpaired) electrons. The van der Waals surface area contributed by atoms with Crippen molar-refractivity contribution < 1.29 is 9.84 Å². The number of ether oxygens (including phenoxy) is 1. The number of hydrogen-bond acceptors (Lipinski definition) is 3. The average molecular weight is 310 g/mol. The first-order valence-corrected chi connectivity index (χ1v) is 7.63. The summed E-state index contributed by atoms with van der Waals surface area (Å²) >= 11 is 0. The standard InChI is InChI=1S/C19H22N2O2/c1-12-6-5-7-14-15(11-20-18(12)14)19(21(2)3)13-8-9-17(23-4)16(22)10-13/h5-11,19-20,22H,1-4H3. The Labute approximate surface area is 136 Å². The Kier molecular flexibility index (Phi) is 4.01. The van der Waals surface area contributed by atoms with Crippen LogP contribution in [0.2, 0.25) is 0 Å². The zero-order chi connectivity index (χ0) is 16.6. The van der Waals surface area contributed by atoms with E-state index in [4.69, 9.17) is 4.74 Å². The van der Waals surface area contributed by atoms with Crippen molar-refractivity contribution in [3.63, 3.8) is 0 Å². The largest absolute Gasteiger partial charge is 0.504 e. The highest BCUT2D eigenvalue weighted by molar-refractivity contribution is 5.86. The van der Waals surface area contributed by atoms with Gasteiger partial charge in [0.25, 0.3) is 0 Å². The highest BCUT2D eigenvalue weighted by Crippen LogP contribution is 2.36. The smallest absolute Gasteiger partial charge is 0.160 e. The molecule has 4 heteroatoms. The Morgan fingerprint density at radius 3 is 2.61 bits per heavy atom. The summed E-state index contributed by atoms with van der Waals surface area (Å²) in [6.07, 6.45) is 2.06. The second-order valence-corrected chi connectivity index (χ2v) is 6.04. The molecular formula is C19H22N2O2. The molecule has 0 saturated carbocycles. The molecule has 0 aliphatic rings. The number of benzene rings is 2. The molecule has 1 aromatic heterocycles. The third-order valence-electron chi connectivity index (χ3n) is 4.29. The van der Waals surface area contributed by atoms with Crippen LogP contribution < -0.4 is 4.74 Å². The second-order valence-electron chi connectivity index (χ2n) is 6.04. The molecule has 1 unspecified atom stereocenters. The van der Waals surface area contributed by atoms with E-state index in [1.54, 1.807) is 19.2 Å². The molecule has 0 bridgehead atoms. The number of nitrogens with zero attached hydrogens (tertiary/aromatic N) is 1. The van der Waals surface area contributed by atoms with Gasteiger partial charge in [0.1, 0.15) is 0 Å². The molecule has 0 aliphatic heterocycles. The summed E-state index contributed by atoms with van der Waals surface area (Å²) in [6.45, 7) is 2.10. The maximum absolute atomic E-state index is 10.1. The first-order chi connectivity index (χ1) is 11.0. The summed E-state index contributed by atoms with van der Waals surface area (Å²) in [5.41, 5.74) is 4.60. The summed E-state index contributed by atoms with van der Waals surface area (Å²) in [7, 11) is 5.64. The molecule has 3 rings (SSSR count). The molecule has 2 aromatic carbocycles. The molecule has 120 valence electrons. The lowest BCUT2D eigenvalue weighted by atomic mass is 9.96. The Hall–Kier alpha value is -2.46. The maximum Gasteiger partial charge on any atom is 0.160 e. The lowest BCUT2D eigenvalue weighted by molar-refractivity contribution is 0.340. The molecular weight excluding hydrogens is 288 g/mol. The predicted octanol–water partition coefficient (Wildman–Crippen LogP) is 3.84. The normalized spacial score (nSPS) is 12.7. The van der Waals surface area contributed by atoms with Crippen LogP contribution in [0.25, 0.3) is 10.9 Å². The predicted molar refractivity (Wildman–Crippen MR) is 93.2 cm³/mol. The molecule has 0 spiro atoms. The van der Waals surface area contributed by atoms with Gasteiger partial charge < -0.3 is 14.8 Å². The fraction of sp³-hybridized carbons (Fsp3) is 0.263. The minimum Gasteiger partial charge on any atom is -0.504 e. The third-order valence-corrected chi connectivity index (χ3v) is 4.29. The maximum atomic E-state index is 10.1. The Morgan fingerprint density at radius 2 is 1.96 bits per heavy atom. The molecule has 0 saturated heterocycles. The Morgan fingerprint density at radius 1 is 1.17 bits per heavy atom. The average Bonchev–Trinajstić information content (AvgIpc) is 2.93. The van der Waals surface area contributed by atoms with E-state index in [-0.39, 0.29) is 11.8 Å². The van der Waals surface area contributed by atoms with E-state index in [0.29, 0.717) is 5.75 Å². The number of aryl methyl sites for hydroxylation is 1. The van der Waals surface area contributed by atoms with Gasteiger partial charge in [0.05, 0.1) is 13.2 Å². The number of H-pyrrole nitrogens is 1. The topological polar surface area (TPSA) is 48.5 Å². The van der Waals surface area contributed by atoms with Crippen LogP contribution in [0.4, 0.5) is 0 Å². The molecule has 1 atom stereocenters. The van der Waals surface area contributed by atoms with Gasteiger partial charge in [-0.1, -0.05) is 24.3 Å². The minimum absolute atomic E-state index is 0.0438.